The molecule has 0 N–H and O–H groups in total. The summed E-state index contributed by atoms with van der Waals surface area (Å²) in [5.74, 6) is 0. The van der Waals surface area contributed by atoms with Crippen LogP contribution in [0.25, 0.3) is 0 Å². The van der Waals surface area contributed by atoms with E-state index in [1.165, 1.54) is 28.6 Å². The monoisotopic (exact) mass is 416 g/mol. The number of rotatable bonds is 6. The largest absolute Gasteiger partial charge is 0.269 e. The lowest BCUT2D eigenvalue weighted by Crippen LogP contribution is -2.30. The molecule has 0 heterocycles. The fourth-order valence-electron chi connectivity index (χ4n) is 2.65. The van der Waals surface area contributed by atoms with E-state index in [0.717, 1.165) is 11.1 Å². The Morgan fingerprint density at radius 1 is 0.929 bits per heavy atom. The molecule has 0 saturated carbocycles. The number of benzene rings is 3. The Hall–Kier alpha value is -2.90. The third-order valence-corrected chi connectivity index (χ3v) is 6.24. The number of nitro groups is 1. The summed E-state index contributed by atoms with van der Waals surface area (Å²) in [5, 5.41) is 11.4. The minimum absolute atomic E-state index is 0.0207. The Labute approximate surface area is 168 Å². The highest BCUT2D eigenvalue weighted by atomic mass is 35.5. The molecule has 0 atom stereocenters. The number of aryl methyl sites for hydroxylation is 1. The van der Waals surface area contributed by atoms with Gasteiger partial charge in [0.1, 0.15) is 0 Å². The number of anilines is 1. The van der Waals surface area contributed by atoms with Gasteiger partial charge in [-0.05, 0) is 48.9 Å². The van der Waals surface area contributed by atoms with Gasteiger partial charge in [0.05, 0.1) is 22.1 Å². The van der Waals surface area contributed by atoms with Gasteiger partial charge >= 0.3 is 0 Å². The fraction of sp³-hybridized carbons (Fsp3) is 0.100. The second-order valence-electron chi connectivity index (χ2n) is 6.22. The van der Waals surface area contributed by atoms with Crippen LogP contribution in [0.3, 0.4) is 0 Å². The molecule has 8 heteroatoms. The second kappa shape index (κ2) is 8.00. The van der Waals surface area contributed by atoms with Crippen molar-refractivity contribution in [3.63, 3.8) is 0 Å². The molecule has 3 aromatic carbocycles. The molecular weight excluding hydrogens is 400 g/mol. The number of non-ortho nitro benzene ring substituents is 1. The van der Waals surface area contributed by atoms with Crippen molar-refractivity contribution >= 4 is 33.0 Å². The molecule has 0 amide bonds. The Morgan fingerprint density at radius 2 is 1.50 bits per heavy atom. The smallest absolute Gasteiger partial charge is 0.262 e. The van der Waals surface area contributed by atoms with Crippen molar-refractivity contribution in [2.75, 3.05) is 4.31 Å². The molecule has 0 saturated heterocycles. The summed E-state index contributed by atoms with van der Waals surface area (Å²) in [5.41, 5.74) is 2.09. The molecule has 3 aromatic rings. The summed E-state index contributed by atoms with van der Waals surface area (Å²) in [4.78, 5) is 10.3. The Kier molecular flexibility index (Phi) is 5.67. The predicted octanol–water partition coefficient (Wildman–Crippen LogP) is 4.95. The van der Waals surface area contributed by atoms with Crippen LogP contribution in [0.15, 0.2) is 77.7 Å². The van der Waals surface area contributed by atoms with E-state index in [9.17, 15) is 18.5 Å². The zero-order chi connectivity index (χ0) is 20.3. The SMILES string of the molecule is Cc1ccc(N(Cc2ccc(Cl)cc2)S(=O)(=O)c2ccc([N+](=O)[O-])cc2)cc1. The van der Waals surface area contributed by atoms with E-state index in [2.05, 4.69) is 0 Å². The van der Waals surface area contributed by atoms with Gasteiger partial charge < -0.3 is 0 Å². The zero-order valence-electron chi connectivity index (χ0n) is 14.9. The van der Waals surface area contributed by atoms with Crippen LogP contribution in [0, 0.1) is 17.0 Å². The van der Waals surface area contributed by atoms with E-state index >= 15 is 0 Å². The number of hydrogen-bond donors (Lipinski definition) is 0. The van der Waals surface area contributed by atoms with Crippen molar-refractivity contribution in [1.29, 1.82) is 0 Å². The van der Waals surface area contributed by atoms with Gasteiger partial charge in [-0.3, -0.25) is 14.4 Å². The Morgan fingerprint density at radius 3 is 2.04 bits per heavy atom. The van der Waals surface area contributed by atoms with Crippen LogP contribution in [0.1, 0.15) is 11.1 Å². The molecule has 0 spiro atoms. The molecule has 0 bridgehead atoms. The maximum Gasteiger partial charge on any atom is 0.269 e. The average Bonchev–Trinajstić information content (AvgIpc) is 2.68. The van der Waals surface area contributed by atoms with Crippen LogP contribution in [-0.2, 0) is 16.6 Å². The Balaban J connectivity index is 2.04. The van der Waals surface area contributed by atoms with Crippen molar-refractivity contribution in [1.82, 2.24) is 0 Å². The first-order valence-corrected chi connectivity index (χ1v) is 10.2. The average molecular weight is 417 g/mol. The second-order valence-corrected chi connectivity index (χ2v) is 8.52. The zero-order valence-corrected chi connectivity index (χ0v) is 16.5. The van der Waals surface area contributed by atoms with E-state index in [0.29, 0.717) is 10.7 Å². The lowest BCUT2D eigenvalue weighted by atomic mass is 10.2. The number of nitrogens with zero attached hydrogens (tertiary/aromatic N) is 2. The molecule has 0 radical (unpaired) electrons. The summed E-state index contributed by atoms with van der Waals surface area (Å²) in [6.45, 7) is 2.01. The highest BCUT2D eigenvalue weighted by Crippen LogP contribution is 2.27. The number of nitro benzene ring substituents is 1. The molecule has 0 unspecified atom stereocenters. The first kappa shape index (κ1) is 19.9. The van der Waals surface area contributed by atoms with Crippen molar-refractivity contribution in [3.05, 3.63) is 99.1 Å². The third-order valence-electron chi connectivity index (χ3n) is 4.20. The van der Waals surface area contributed by atoms with E-state index in [1.807, 2.05) is 19.1 Å². The van der Waals surface area contributed by atoms with E-state index in [1.54, 1.807) is 36.4 Å². The van der Waals surface area contributed by atoms with E-state index < -0.39 is 14.9 Å². The molecular formula is C20H17ClN2O4S. The minimum Gasteiger partial charge on any atom is -0.262 e. The van der Waals surface area contributed by atoms with Crippen LogP contribution in [0.5, 0.6) is 0 Å². The molecule has 0 aromatic heterocycles. The van der Waals surface area contributed by atoms with Gasteiger partial charge in [-0.25, -0.2) is 8.42 Å². The van der Waals surface area contributed by atoms with Gasteiger partial charge in [0.25, 0.3) is 15.7 Å². The maximum atomic E-state index is 13.3. The number of hydrogen-bond acceptors (Lipinski definition) is 4. The maximum absolute atomic E-state index is 13.3. The Bertz CT molecular complexity index is 1080. The third kappa shape index (κ3) is 4.32. The summed E-state index contributed by atoms with van der Waals surface area (Å²) in [6, 6.07) is 18.9. The highest BCUT2D eigenvalue weighted by molar-refractivity contribution is 7.92. The predicted molar refractivity (Wildman–Crippen MR) is 109 cm³/mol. The van der Waals surface area contributed by atoms with Gasteiger partial charge in [-0.1, -0.05) is 41.4 Å². The molecule has 6 nitrogen and oxygen atoms in total. The molecule has 3 rings (SSSR count). The fourth-order valence-corrected chi connectivity index (χ4v) is 4.23. The highest BCUT2D eigenvalue weighted by Gasteiger charge is 2.26. The van der Waals surface area contributed by atoms with E-state index in [-0.39, 0.29) is 17.1 Å². The van der Waals surface area contributed by atoms with Gasteiger partial charge in [0.15, 0.2) is 0 Å². The standard InChI is InChI=1S/C20H17ClN2O4S/c1-15-2-8-18(9-3-15)22(14-16-4-6-17(21)7-5-16)28(26,27)20-12-10-19(11-13-20)23(24)25/h2-13H,14H2,1H3. The normalized spacial score (nSPS) is 11.2. The van der Waals surface area contributed by atoms with Crippen LogP contribution < -0.4 is 4.31 Å². The van der Waals surface area contributed by atoms with Crippen LogP contribution >= 0.6 is 11.6 Å². The summed E-state index contributed by atoms with van der Waals surface area (Å²) in [7, 11) is -3.94. The van der Waals surface area contributed by atoms with Crippen LogP contribution in [0.2, 0.25) is 5.02 Å². The van der Waals surface area contributed by atoms with Crippen LogP contribution in [-0.4, -0.2) is 13.3 Å². The summed E-state index contributed by atoms with van der Waals surface area (Å²) < 4.78 is 27.9. The van der Waals surface area contributed by atoms with Gasteiger partial charge in [-0.2, -0.15) is 0 Å². The lowest BCUT2D eigenvalue weighted by Gasteiger charge is -2.25. The first-order chi connectivity index (χ1) is 13.3. The van der Waals surface area contributed by atoms with Gasteiger partial charge in [0.2, 0.25) is 0 Å². The van der Waals surface area contributed by atoms with Gasteiger partial charge in [0, 0.05) is 17.2 Å². The number of halogens is 1. The van der Waals surface area contributed by atoms with Crippen LogP contribution in [0.4, 0.5) is 11.4 Å². The quantitative estimate of drug-likeness (QED) is 0.420. The summed E-state index contributed by atoms with van der Waals surface area (Å²) in [6.07, 6.45) is 0. The minimum atomic E-state index is -3.94. The first-order valence-electron chi connectivity index (χ1n) is 8.36. The van der Waals surface area contributed by atoms with E-state index in [4.69, 9.17) is 11.6 Å². The van der Waals surface area contributed by atoms with Crippen molar-refractivity contribution in [3.8, 4) is 0 Å². The molecule has 28 heavy (non-hydrogen) atoms. The molecule has 0 aliphatic carbocycles. The molecule has 0 aliphatic heterocycles. The van der Waals surface area contributed by atoms with Crippen molar-refractivity contribution in [2.45, 2.75) is 18.4 Å². The number of sulfonamides is 1. The lowest BCUT2D eigenvalue weighted by molar-refractivity contribution is -0.384. The molecule has 0 fully saturated rings. The molecule has 144 valence electrons. The topological polar surface area (TPSA) is 80.5 Å². The van der Waals surface area contributed by atoms with Gasteiger partial charge in [-0.15, -0.1) is 0 Å². The summed E-state index contributed by atoms with van der Waals surface area (Å²) >= 11 is 5.92. The molecule has 0 aliphatic rings. The van der Waals surface area contributed by atoms with Crippen molar-refractivity contribution < 1.29 is 13.3 Å². The van der Waals surface area contributed by atoms with Crippen molar-refractivity contribution in [2.24, 2.45) is 0 Å².